The van der Waals surface area contributed by atoms with Gasteiger partial charge >= 0.3 is 12.1 Å². The summed E-state index contributed by atoms with van der Waals surface area (Å²) in [6.45, 7) is 6.42. The first-order valence-electron chi connectivity index (χ1n) is 12.0. The van der Waals surface area contributed by atoms with Crippen molar-refractivity contribution in [3.05, 3.63) is 35.9 Å². The molecule has 2 bridgehead atoms. The van der Waals surface area contributed by atoms with Crippen molar-refractivity contribution in [2.45, 2.75) is 77.2 Å². The third-order valence-electron chi connectivity index (χ3n) is 5.66. The van der Waals surface area contributed by atoms with Crippen LogP contribution in [-0.2, 0) is 25.8 Å². The third-order valence-corrected chi connectivity index (χ3v) is 5.66. The molecule has 0 aromatic heterocycles. The van der Waals surface area contributed by atoms with E-state index in [4.69, 9.17) is 9.57 Å². The SMILES string of the molecule is CC(C)(C)OC(=O)NCCCCC(=O)NNC(=O)[C@@H]1CC[C@@H]2CN1C(=O)N2OCc1ccccc1. The molecular weight excluding hydrogens is 454 g/mol. The van der Waals surface area contributed by atoms with Crippen LogP contribution in [0.4, 0.5) is 9.59 Å². The summed E-state index contributed by atoms with van der Waals surface area (Å²) >= 11 is 0. The minimum atomic E-state index is -0.664. The van der Waals surface area contributed by atoms with E-state index in [1.165, 1.54) is 9.96 Å². The Hall–Kier alpha value is -3.34. The van der Waals surface area contributed by atoms with E-state index < -0.39 is 23.6 Å². The summed E-state index contributed by atoms with van der Waals surface area (Å²) in [5, 5.41) is 4.00. The van der Waals surface area contributed by atoms with Gasteiger partial charge in [-0.3, -0.25) is 25.3 Å². The molecule has 0 aliphatic carbocycles. The second kappa shape index (κ2) is 11.9. The van der Waals surface area contributed by atoms with Crippen molar-refractivity contribution in [3.63, 3.8) is 0 Å². The zero-order chi connectivity index (χ0) is 25.4. The molecule has 2 atom stereocenters. The minimum Gasteiger partial charge on any atom is -0.444 e. The lowest BCUT2D eigenvalue weighted by Crippen LogP contribution is -2.54. The standard InChI is InChI=1S/C24H35N5O6/c1-24(2,3)35-22(32)25-14-8-7-11-20(30)26-27-21(31)19-13-12-18-15-28(19)23(33)29(18)34-16-17-9-5-4-6-10-17/h4-6,9-10,18-19H,7-8,11-16H2,1-3H3,(H,25,32)(H,26,30)(H,27,31)/t18-,19+/m1/s1. The lowest BCUT2D eigenvalue weighted by Gasteiger charge is -2.29. The summed E-state index contributed by atoms with van der Waals surface area (Å²) in [6, 6.07) is 8.46. The van der Waals surface area contributed by atoms with E-state index in [1.807, 2.05) is 30.3 Å². The maximum atomic E-state index is 12.8. The molecule has 5 amide bonds. The minimum absolute atomic E-state index is 0.0980. The molecule has 2 fully saturated rings. The van der Waals surface area contributed by atoms with Crippen LogP contribution in [0, 0.1) is 0 Å². The first-order valence-corrected chi connectivity index (χ1v) is 12.0. The molecule has 2 heterocycles. The number of fused-ring (bicyclic) bond motifs is 2. The summed E-state index contributed by atoms with van der Waals surface area (Å²) in [6.07, 6.45) is 1.93. The summed E-state index contributed by atoms with van der Waals surface area (Å²) in [5.74, 6) is -0.772. The Labute approximate surface area is 205 Å². The molecule has 0 radical (unpaired) electrons. The zero-order valence-corrected chi connectivity index (χ0v) is 20.5. The molecule has 11 nitrogen and oxygen atoms in total. The molecule has 35 heavy (non-hydrogen) atoms. The van der Waals surface area contributed by atoms with Gasteiger partial charge in [-0.2, -0.15) is 5.06 Å². The van der Waals surface area contributed by atoms with E-state index in [0.29, 0.717) is 38.8 Å². The van der Waals surface area contributed by atoms with Crippen molar-refractivity contribution >= 4 is 23.9 Å². The van der Waals surface area contributed by atoms with Gasteiger partial charge in [-0.1, -0.05) is 30.3 Å². The number of carbonyl (C=O) groups is 4. The second-order valence-corrected chi connectivity index (χ2v) is 9.69. The fourth-order valence-electron chi connectivity index (χ4n) is 3.98. The molecule has 1 aromatic carbocycles. The number of hydrogen-bond acceptors (Lipinski definition) is 6. The van der Waals surface area contributed by atoms with E-state index in [0.717, 1.165) is 5.56 Å². The number of ether oxygens (including phenoxy) is 1. The summed E-state index contributed by atoms with van der Waals surface area (Å²) in [5.41, 5.74) is 5.23. The number of nitrogens with one attached hydrogen (secondary N) is 3. The maximum Gasteiger partial charge on any atom is 0.407 e. The van der Waals surface area contributed by atoms with Gasteiger partial charge in [0.05, 0.1) is 6.04 Å². The number of hydrogen-bond donors (Lipinski definition) is 3. The van der Waals surface area contributed by atoms with Gasteiger partial charge in [0.15, 0.2) is 0 Å². The molecule has 192 valence electrons. The van der Waals surface area contributed by atoms with Crippen LogP contribution in [-0.4, -0.2) is 64.7 Å². The van der Waals surface area contributed by atoms with Crippen molar-refractivity contribution in [3.8, 4) is 0 Å². The number of alkyl carbamates (subject to hydrolysis) is 1. The fraction of sp³-hybridized carbons (Fsp3) is 0.583. The van der Waals surface area contributed by atoms with Crippen LogP contribution in [0.25, 0.3) is 0 Å². The molecule has 2 aliphatic rings. The molecule has 3 rings (SSSR count). The number of hydroxylamine groups is 2. The molecule has 0 spiro atoms. The Morgan fingerprint density at radius 2 is 1.80 bits per heavy atom. The Morgan fingerprint density at radius 1 is 1.06 bits per heavy atom. The smallest absolute Gasteiger partial charge is 0.407 e. The van der Waals surface area contributed by atoms with E-state index in [9.17, 15) is 19.2 Å². The summed E-state index contributed by atoms with van der Waals surface area (Å²) in [7, 11) is 0. The molecular formula is C24H35N5O6. The van der Waals surface area contributed by atoms with E-state index in [1.54, 1.807) is 20.8 Å². The van der Waals surface area contributed by atoms with Crippen molar-refractivity contribution in [2.24, 2.45) is 0 Å². The lowest BCUT2D eigenvalue weighted by molar-refractivity contribution is -0.140. The van der Waals surface area contributed by atoms with Gasteiger partial charge in [-0.25, -0.2) is 9.59 Å². The number of piperidine rings is 1. The highest BCUT2D eigenvalue weighted by Crippen LogP contribution is 2.30. The van der Waals surface area contributed by atoms with Crippen LogP contribution in [0.2, 0.25) is 0 Å². The molecule has 3 N–H and O–H groups in total. The van der Waals surface area contributed by atoms with Gasteiger partial charge in [0.2, 0.25) is 5.91 Å². The number of hydrazine groups is 1. The van der Waals surface area contributed by atoms with Crippen molar-refractivity contribution < 1.29 is 28.8 Å². The van der Waals surface area contributed by atoms with Gasteiger partial charge in [-0.05, 0) is 52.0 Å². The number of urea groups is 1. The first-order chi connectivity index (χ1) is 16.6. The summed E-state index contributed by atoms with van der Waals surface area (Å²) in [4.78, 5) is 56.3. The average Bonchev–Trinajstić information content (AvgIpc) is 3.04. The number of carbonyl (C=O) groups excluding carboxylic acids is 4. The van der Waals surface area contributed by atoms with Crippen LogP contribution < -0.4 is 16.2 Å². The zero-order valence-electron chi connectivity index (χ0n) is 20.5. The number of amides is 5. The van der Waals surface area contributed by atoms with Crippen molar-refractivity contribution in [2.75, 3.05) is 13.1 Å². The van der Waals surface area contributed by atoms with E-state index in [2.05, 4.69) is 16.2 Å². The topological polar surface area (TPSA) is 129 Å². The van der Waals surface area contributed by atoms with Gasteiger partial charge in [0, 0.05) is 19.5 Å². The highest BCUT2D eigenvalue weighted by molar-refractivity contribution is 5.90. The van der Waals surface area contributed by atoms with Crippen LogP contribution in [0.15, 0.2) is 30.3 Å². The van der Waals surface area contributed by atoms with Crippen molar-refractivity contribution in [1.29, 1.82) is 0 Å². The Morgan fingerprint density at radius 3 is 2.51 bits per heavy atom. The lowest BCUT2D eigenvalue weighted by atomic mass is 10.0. The van der Waals surface area contributed by atoms with Gasteiger partial charge in [-0.15, -0.1) is 0 Å². The Bertz CT molecular complexity index is 903. The van der Waals surface area contributed by atoms with Crippen LogP contribution >= 0.6 is 0 Å². The largest absolute Gasteiger partial charge is 0.444 e. The quantitative estimate of drug-likeness (QED) is 0.360. The normalized spacial score (nSPS) is 19.3. The fourth-order valence-corrected chi connectivity index (χ4v) is 3.98. The Kier molecular flexibility index (Phi) is 8.91. The number of nitrogens with zero attached hydrogens (tertiary/aromatic N) is 2. The maximum absolute atomic E-state index is 12.8. The first kappa shape index (κ1) is 26.3. The molecule has 1 aromatic rings. The van der Waals surface area contributed by atoms with Gasteiger partial charge in [0.25, 0.3) is 5.91 Å². The van der Waals surface area contributed by atoms with Crippen molar-refractivity contribution in [1.82, 2.24) is 26.1 Å². The van der Waals surface area contributed by atoms with Crippen LogP contribution in [0.5, 0.6) is 0 Å². The summed E-state index contributed by atoms with van der Waals surface area (Å²) < 4.78 is 5.14. The van der Waals surface area contributed by atoms with E-state index in [-0.39, 0.29) is 31.0 Å². The predicted octanol–water partition coefficient (Wildman–Crippen LogP) is 2.23. The van der Waals surface area contributed by atoms with Gasteiger partial charge in [0.1, 0.15) is 18.2 Å². The molecule has 2 saturated heterocycles. The van der Waals surface area contributed by atoms with Gasteiger partial charge < -0.3 is 15.0 Å². The highest BCUT2D eigenvalue weighted by Gasteiger charge is 2.48. The third kappa shape index (κ3) is 7.84. The number of benzene rings is 1. The van der Waals surface area contributed by atoms with Crippen LogP contribution in [0.1, 0.15) is 58.4 Å². The number of rotatable bonds is 9. The molecule has 0 saturated carbocycles. The second-order valence-electron chi connectivity index (χ2n) is 9.69. The predicted molar refractivity (Wildman–Crippen MR) is 126 cm³/mol. The molecule has 0 unspecified atom stereocenters. The van der Waals surface area contributed by atoms with E-state index >= 15 is 0 Å². The highest BCUT2D eigenvalue weighted by atomic mass is 16.7. The average molecular weight is 490 g/mol. The monoisotopic (exact) mass is 489 g/mol. The molecule has 11 heteroatoms. The number of unbranched alkanes of at least 4 members (excludes halogenated alkanes) is 1. The van der Waals surface area contributed by atoms with Crippen LogP contribution in [0.3, 0.4) is 0 Å². The molecule has 2 aliphatic heterocycles. The Balaban J connectivity index is 1.34.